The highest BCUT2D eigenvalue weighted by atomic mass is 16.6. The van der Waals surface area contributed by atoms with Crippen LogP contribution in [0.3, 0.4) is 0 Å². The van der Waals surface area contributed by atoms with Gasteiger partial charge in [0.05, 0.1) is 4.92 Å². The number of phenols is 1. The maximum absolute atomic E-state index is 11.0. The van der Waals surface area contributed by atoms with Crippen LogP contribution < -0.4 is 0 Å². The van der Waals surface area contributed by atoms with Crippen molar-refractivity contribution in [1.82, 2.24) is 0 Å². The lowest BCUT2D eigenvalue weighted by atomic mass is 10.0. The van der Waals surface area contributed by atoms with Crippen LogP contribution in [0.25, 0.3) is 0 Å². The van der Waals surface area contributed by atoms with E-state index in [1.807, 2.05) is 0 Å². The molecule has 1 aromatic carbocycles. The molecule has 0 unspecified atom stereocenters. The zero-order chi connectivity index (χ0) is 10.9. The van der Waals surface area contributed by atoms with E-state index in [0.717, 1.165) is 6.07 Å². The average molecular weight is 195 g/mol. The van der Waals surface area contributed by atoms with Crippen LogP contribution in [-0.4, -0.2) is 15.8 Å². The Labute approximate surface area is 80.1 Å². The minimum atomic E-state index is -0.697. The van der Waals surface area contributed by atoms with Crippen molar-refractivity contribution in [3.63, 3.8) is 0 Å². The number of carbonyl (C=O) groups is 1. The maximum atomic E-state index is 11.0. The molecule has 0 saturated carbocycles. The molecule has 0 fully saturated rings. The summed E-state index contributed by atoms with van der Waals surface area (Å²) in [5.74, 6) is -0.678. The standard InChI is InChI=1S/C9H9NO4/c1-5-7(6(2)11)3-4-8(12)9(5)10(13)14/h3-4,12H,1-2H3. The summed E-state index contributed by atoms with van der Waals surface area (Å²) in [6.45, 7) is 2.76. The number of rotatable bonds is 2. The Morgan fingerprint density at radius 2 is 2.07 bits per heavy atom. The summed E-state index contributed by atoms with van der Waals surface area (Å²) in [6.07, 6.45) is 0. The molecule has 0 saturated heterocycles. The second-order valence-corrected chi connectivity index (χ2v) is 2.92. The minimum Gasteiger partial charge on any atom is -0.502 e. The predicted molar refractivity (Wildman–Crippen MR) is 49.5 cm³/mol. The first-order valence-electron chi connectivity index (χ1n) is 3.93. The zero-order valence-corrected chi connectivity index (χ0v) is 7.77. The average Bonchev–Trinajstić information content (AvgIpc) is 2.02. The van der Waals surface area contributed by atoms with Crippen LogP contribution in [-0.2, 0) is 0 Å². The minimum absolute atomic E-state index is 0.197. The topological polar surface area (TPSA) is 80.4 Å². The third-order valence-corrected chi connectivity index (χ3v) is 1.97. The number of benzene rings is 1. The van der Waals surface area contributed by atoms with Gasteiger partial charge in [-0.05, 0) is 26.0 Å². The van der Waals surface area contributed by atoms with Crippen LogP contribution in [0.2, 0.25) is 0 Å². The first-order valence-corrected chi connectivity index (χ1v) is 3.93. The molecule has 0 bridgehead atoms. The van der Waals surface area contributed by atoms with Crippen molar-refractivity contribution in [2.45, 2.75) is 13.8 Å². The summed E-state index contributed by atoms with van der Waals surface area (Å²) < 4.78 is 0. The van der Waals surface area contributed by atoms with Gasteiger partial charge >= 0.3 is 5.69 Å². The molecule has 1 aromatic rings. The molecule has 1 N–H and O–H groups in total. The van der Waals surface area contributed by atoms with Gasteiger partial charge in [-0.3, -0.25) is 14.9 Å². The van der Waals surface area contributed by atoms with E-state index in [1.54, 1.807) is 0 Å². The number of hydrogen-bond donors (Lipinski definition) is 1. The number of carbonyl (C=O) groups excluding carboxylic acids is 1. The molecule has 0 spiro atoms. The lowest BCUT2D eigenvalue weighted by molar-refractivity contribution is -0.386. The molecular formula is C9H9NO4. The summed E-state index contributed by atoms with van der Waals surface area (Å²) in [5, 5.41) is 19.8. The second-order valence-electron chi connectivity index (χ2n) is 2.92. The van der Waals surface area contributed by atoms with E-state index in [9.17, 15) is 20.0 Å². The molecule has 5 heteroatoms. The molecule has 0 amide bonds. The number of hydrogen-bond acceptors (Lipinski definition) is 4. The Bertz CT molecular complexity index is 412. The summed E-state index contributed by atoms with van der Waals surface area (Å²) in [7, 11) is 0. The molecule has 0 aliphatic heterocycles. The van der Waals surface area contributed by atoms with Gasteiger partial charge in [0.1, 0.15) is 0 Å². The van der Waals surface area contributed by atoms with E-state index in [2.05, 4.69) is 0 Å². The van der Waals surface area contributed by atoms with Crippen molar-refractivity contribution in [3.05, 3.63) is 33.4 Å². The molecule has 0 heterocycles. The SMILES string of the molecule is CC(=O)c1ccc(O)c([N+](=O)[O-])c1C. The fraction of sp³-hybridized carbons (Fsp3) is 0.222. The third kappa shape index (κ3) is 1.56. The maximum Gasteiger partial charge on any atom is 0.314 e. The fourth-order valence-corrected chi connectivity index (χ4v) is 1.30. The van der Waals surface area contributed by atoms with Crippen molar-refractivity contribution in [2.24, 2.45) is 0 Å². The Hall–Kier alpha value is -1.91. The lowest BCUT2D eigenvalue weighted by Gasteiger charge is -2.03. The molecule has 1 rings (SSSR count). The molecule has 0 atom stereocenters. The highest BCUT2D eigenvalue weighted by Crippen LogP contribution is 2.31. The number of nitrogens with zero attached hydrogens (tertiary/aromatic N) is 1. The van der Waals surface area contributed by atoms with E-state index in [4.69, 9.17) is 0 Å². The molecular weight excluding hydrogens is 186 g/mol. The number of nitro groups is 1. The first kappa shape index (κ1) is 10.2. The van der Waals surface area contributed by atoms with Gasteiger partial charge < -0.3 is 5.11 Å². The van der Waals surface area contributed by atoms with E-state index in [1.165, 1.54) is 19.9 Å². The van der Waals surface area contributed by atoms with Gasteiger partial charge in [-0.25, -0.2) is 0 Å². The highest BCUT2D eigenvalue weighted by Gasteiger charge is 2.21. The van der Waals surface area contributed by atoms with Crippen molar-refractivity contribution < 1.29 is 14.8 Å². The number of ketones is 1. The van der Waals surface area contributed by atoms with Crippen molar-refractivity contribution in [2.75, 3.05) is 0 Å². The molecule has 0 aromatic heterocycles. The van der Waals surface area contributed by atoms with Gasteiger partial charge in [-0.2, -0.15) is 0 Å². The predicted octanol–water partition coefficient (Wildman–Crippen LogP) is 1.81. The quantitative estimate of drug-likeness (QED) is 0.443. The van der Waals surface area contributed by atoms with E-state index >= 15 is 0 Å². The summed E-state index contributed by atoms with van der Waals surface area (Å²) in [5.41, 5.74) is 0.0506. The van der Waals surface area contributed by atoms with Crippen LogP contribution in [0.15, 0.2) is 12.1 Å². The van der Waals surface area contributed by atoms with Crippen LogP contribution >= 0.6 is 0 Å². The molecule has 14 heavy (non-hydrogen) atoms. The summed E-state index contributed by atoms with van der Waals surface area (Å²) in [6, 6.07) is 2.53. The summed E-state index contributed by atoms with van der Waals surface area (Å²) >= 11 is 0. The van der Waals surface area contributed by atoms with E-state index in [-0.39, 0.29) is 16.9 Å². The summed E-state index contributed by atoms with van der Waals surface area (Å²) in [4.78, 5) is 20.9. The first-order chi connectivity index (χ1) is 6.45. The lowest BCUT2D eigenvalue weighted by Crippen LogP contribution is -2.00. The molecule has 5 nitrogen and oxygen atoms in total. The molecule has 0 radical (unpaired) electrons. The van der Waals surface area contributed by atoms with Gasteiger partial charge in [0, 0.05) is 11.1 Å². The Morgan fingerprint density at radius 1 is 1.50 bits per heavy atom. The van der Waals surface area contributed by atoms with E-state index < -0.39 is 16.4 Å². The number of phenolic OH excluding ortho intramolecular Hbond substituents is 1. The zero-order valence-electron chi connectivity index (χ0n) is 7.77. The van der Waals surface area contributed by atoms with Crippen LogP contribution in [0.5, 0.6) is 5.75 Å². The number of aromatic hydroxyl groups is 1. The van der Waals surface area contributed by atoms with Crippen molar-refractivity contribution in [3.8, 4) is 5.75 Å². The monoisotopic (exact) mass is 195 g/mol. The second kappa shape index (κ2) is 3.45. The van der Waals surface area contributed by atoms with E-state index in [0.29, 0.717) is 0 Å². The van der Waals surface area contributed by atoms with Crippen LogP contribution in [0.4, 0.5) is 5.69 Å². The molecule has 74 valence electrons. The number of Topliss-reactive ketones (excluding diaryl/α,β-unsaturated/α-hetero) is 1. The van der Waals surface area contributed by atoms with Crippen LogP contribution in [0.1, 0.15) is 22.8 Å². The van der Waals surface area contributed by atoms with Crippen LogP contribution in [0, 0.1) is 17.0 Å². The highest BCUT2D eigenvalue weighted by molar-refractivity contribution is 5.96. The van der Waals surface area contributed by atoms with Gasteiger partial charge in [-0.1, -0.05) is 0 Å². The van der Waals surface area contributed by atoms with Gasteiger partial charge in [0.25, 0.3) is 0 Å². The molecule has 0 aliphatic carbocycles. The van der Waals surface area contributed by atoms with Crippen molar-refractivity contribution >= 4 is 11.5 Å². The molecule has 0 aliphatic rings. The Morgan fingerprint density at radius 3 is 2.50 bits per heavy atom. The Kier molecular flexibility index (Phi) is 2.51. The number of nitro benzene ring substituents is 1. The Balaban J connectivity index is 3.49. The normalized spacial score (nSPS) is 9.86. The van der Waals surface area contributed by atoms with Crippen molar-refractivity contribution in [1.29, 1.82) is 0 Å². The van der Waals surface area contributed by atoms with Gasteiger partial charge in [-0.15, -0.1) is 0 Å². The van der Waals surface area contributed by atoms with Gasteiger partial charge in [0.2, 0.25) is 0 Å². The third-order valence-electron chi connectivity index (χ3n) is 1.97. The smallest absolute Gasteiger partial charge is 0.314 e. The fourth-order valence-electron chi connectivity index (χ4n) is 1.30. The largest absolute Gasteiger partial charge is 0.502 e. The van der Waals surface area contributed by atoms with Gasteiger partial charge in [0.15, 0.2) is 11.5 Å².